The molecule has 3 unspecified atom stereocenters. The Morgan fingerprint density at radius 3 is 2.68 bits per heavy atom. The van der Waals surface area contributed by atoms with Crippen molar-refractivity contribution in [3.05, 3.63) is 54.2 Å². The molecule has 0 spiro atoms. The van der Waals surface area contributed by atoms with Crippen LogP contribution in [0.3, 0.4) is 0 Å². The number of nitrogens with one attached hydrogen (secondary N) is 1. The zero-order valence-electron chi connectivity index (χ0n) is 14.6. The summed E-state index contributed by atoms with van der Waals surface area (Å²) in [6.45, 7) is 0. The number of aromatic nitrogens is 1. The average Bonchev–Trinajstić information content (AvgIpc) is 2.68. The molecule has 0 amide bonds. The van der Waals surface area contributed by atoms with Crippen molar-refractivity contribution in [2.45, 2.75) is 31.3 Å². The minimum absolute atomic E-state index is 0.0625. The van der Waals surface area contributed by atoms with Crippen LogP contribution < -0.4 is 5.32 Å². The van der Waals surface area contributed by atoms with Gasteiger partial charge in [-0.15, -0.1) is 0 Å². The van der Waals surface area contributed by atoms with Gasteiger partial charge in [0.2, 0.25) is 0 Å². The smallest absolute Gasteiger partial charge is 0.311 e. The molecule has 2 aromatic rings. The number of anilines is 2. The fourth-order valence-corrected chi connectivity index (χ4v) is 3.57. The molecule has 3 rings (SSSR count). The molecule has 1 aliphatic carbocycles. The zero-order chi connectivity index (χ0) is 17.6. The van der Waals surface area contributed by atoms with Crippen LogP contribution in [0.15, 0.2) is 48.7 Å². The van der Waals surface area contributed by atoms with Crippen LogP contribution in [0.4, 0.5) is 11.5 Å². The molecular formula is C20H24N2O3. The van der Waals surface area contributed by atoms with E-state index in [9.17, 15) is 4.79 Å². The van der Waals surface area contributed by atoms with Crippen LogP contribution in [0.25, 0.3) is 0 Å². The number of hydrogen-bond acceptors (Lipinski definition) is 5. The van der Waals surface area contributed by atoms with E-state index in [1.54, 1.807) is 7.11 Å². The summed E-state index contributed by atoms with van der Waals surface area (Å²) in [4.78, 5) is 16.5. The molecule has 0 aliphatic heterocycles. The maximum atomic E-state index is 12.1. The predicted molar refractivity (Wildman–Crippen MR) is 96.9 cm³/mol. The second-order valence-electron chi connectivity index (χ2n) is 6.38. The minimum atomic E-state index is -0.215. The van der Waals surface area contributed by atoms with Crippen molar-refractivity contribution >= 4 is 17.5 Å². The number of ether oxygens (including phenoxy) is 2. The highest BCUT2D eigenvalue weighted by atomic mass is 16.5. The van der Waals surface area contributed by atoms with Crippen LogP contribution in [-0.2, 0) is 14.3 Å². The maximum absolute atomic E-state index is 12.1. The number of carbonyl (C=O) groups is 1. The Morgan fingerprint density at radius 2 is 1.96 bits per heavy atom. The van der Waals surface area contributed by atoms with Gasteiger partial charge in [0.1, 0.15) is 5.82 Å². The first-order valence-corrected chi connectivity index (χ1v) is 8.60. The third-order valence-electron chi connectivity index (χ3n) is 4.90. The van der Waals surface area contributed by atoms with Crippen LogP contribution in [0.2, 0.25) is 0 Å². The summed E-state index contributed by atoms with van der Waals surface area (Å²) in [5.41, 5.74) is 2.19. The van der Waals surface area contributed by atoms with Crippen LogP contribution in [0.5, 0.6) is 0 Å². The molecule has 0 bridgehead atoms. The van der Waals surface area contributed by atoms with Crippen molar-refractivity contribution in [1.82, 2.24) is 4.98 Å². The molecule has 1 aliphatic rings. The fourth-order valence-electron chi connectivity index (χ4n) is 3.57. The highest BCUT2D eigenvalue weighted by molar-refractivity contribution is 5.73. The van der Waals surface area contributed by atoms with E-state index in [2.05, 4.69) is 16.4 Å². The van der Waals surface area contributed by atoms with Crippen molar-refractivity contribution in [1.29, 1.82) is 0 Å². The van der Waals surface area contributed by atoms with E-state index in [1.165, 1.54) is 12.7 Å². The molecule has 1 aromatic heterocycles. The third kappa shape index (κ3) is 4.17. The SMILES string of the molecule is COC(=O)C1CC(c2ccnc(Nc3ccccc3)c2)CCC1OC. The van der Waals surface area contributed by atoms with Crippen LogP contribution in [0, 0.1) is 5.92 Å². The first-order valence-electron chi connectivity index (χ1n) is 8.60. The zero-order valence-corrected chi connectivity index (χ0v) is 14.6. The number of methoxy groups -OCH3 is 2. The third-order valence-corrected chi connectivity index (χ3v) is 4.90. The number of esters is 1. The Balaban J connectivity index is 1.75. The molecule has 25 heavy (non-hydrogen) atoms. The summed E-state index contributed by atoms with van der Waals surface area (Å²) in [6, 6.07) is 14.1. The lowest BCUT2D eigenvalue weighted by Gasteiger charge is -2.33. The van der Waals surface area contributed by atoms with Gasteiger partial charge in [0.15, 0.2) is 0 Å². The van der Waals surface area contributed by atoms with E-state index in [4.69, 9.17) is 9.47 Å². The molecule has 1 aromatic carbocycles. The monoisotopic (exact) mass is 340 g/mol. The number of hydrogen-bond donors (Lipinski definition) is 1. The molecule has 0 radical (unpaired) electrons. The Kier molecular flexibility index (Phi) is 5.66. The molecule has 1 N–H and O–H groups in total. The molecule has 1 saturated carbocycles. The molecule has 0 saturated heterocycles. The number of rotatable bonds is 5. The first-order chi connectivity index (χ1) is 12.2. The Hall–Kier alpha value is -2.40. The lowest BCUT2D eigenvalue weighted by atomic mass is 9.76. The average molecular weight is 340 g/mol. The van der Waals surface area contributed by atoms with E-state index in [-0.39, 0.29) is 18.0 Å². The van der Waals surface area contributed by atoms with E-state index in [1.807, 2.05) is 42.6 Å². The summed E-state index contributed by atoms with van der Waals surface area (Å²) >= 11 is 0. The lowest BCUT2D eigenvalue weighted by Crippen LogP contribution is -2.36. The van der Waals surface area contributed by atoms with Gasteiger partial charge in [-0.3, -0.25) is 4.79 Å². The number of carbonyl (C=O) groups excluding carboxylic acids is 1. The van der Waals surface area contributed by atoms with Gasteiger partial charge in [0.05, 0.1) is 19.1 Å². The maximum Gasteiger partial charge on any atom is 0.311 e. The van der Waals surface area contributed by atoms with E-state index >= 15 is 0 Å². The molecule has 5 nitrogen and oxygen atoms in total. The van der Waals surface area contributed by atoms with Crippen molar-refractivity contribution in [3.63, 3.8) is 0 Å². The summed E-state index contributed by atoms with van der Waals surface area (Å²) in [5.74, 6) is 0.711. The Bertz CT molecular complexity index is 705. The first kappa shape index (κ1) is 17.4. The molecule has 5 heteroatoms. The summed E-state index contributed by atoms with van der Waals surface area (Å²) in [6.07, 6.45) is 4.33. The lowest BCUT2D eigenvalue weighted by molar-refractivity contribution is -0.152. The summed E-state index contributed by atoms with van der Waals surface area (Å²) in [7, 11) is 3.10. The minimum Gasteiger partial charge on any atom is -0.469 e. The van der Waals surface area contributed by atoms with Gasteiger partial charge in [0, 0.05) is 19.0 Å². The van der Waals surface area contributed by atoms with Gasteiger partial charge < -0.3 is 14.8 Å². The van der Waals surface area contributed by atoms with Crippen LogP contribution >= 0.6 is 0 Å². The van der Waals surface area contributed by atoms with Gasteiger partial charge in [0.25, 0.3) is 0 Å². The van der Waals surface area contributed by atoms with Crippen LogP contribution in [0.1, 0.15) is 30.7 Å². The topological polar surface area (TPSA) is 60.5 Å². The summed E-state index contributed by atoms with van der Waals surface area (Å²) < 4.78 is 10.5. The Morgan fingerprint density at radius 1 is 1.16 bits per heavy atom. The normalized spacial score (nSPS) is 23.0. The largest absolute Gasteiger partial charge is 0.469 e. The van der Waals surface area contributed by atoms with Crippen molar-refractivity contribution in [2.24, 2.45) is 5.92 Å². The summed E-state index contributed by atoms with van der Waals surface area (Å²) in [5, 5.41) is 3.32. The van der Waals surface area contributed by atoms with Gasteiger partial charge in [-0.1, -0.05) is 18.2 Å². The fraction of sp³-hybridized carbons (Fsp3) is 0.400. The van der Waals surface area contributed by atoms with E-state index in [0.717, 1.165) is 30.8 Å². The second kappa shape index (κ2) is 8.12. The second-order valence-corrected chi connectivity index (χ2v) is 6.38. The standard InChI is InChI=1S/C20H24N2O3/c1-24-18-9-8-14(12-17(18)20(23)25-2)15-10-11-21-19(13-15)22-16-6-4-3-5-7-16/h3-7,10-11,13-14,17-18H,8-9,12H2,1-2H3,(H,21,22). The quantitative estimate of drug-likeness (QED) is 0.837. The van der Waals surface area contributed by atoms with Gasteiger partial charge in [-0.2, -0.15) is 0 Å². The van der Waals surface area contributed by atoms with Gasteiger partial charge >= 0.3 is 5.97 Å². The van der Waals surface area contributed by atoms with Crippen molar-refractivity contribution in [2.75, 3.05) is 19.5 Å². The van der Waals surface area contributed by atoms with E-state index < -0.39 is 0 Å². The van der Waals surface area contributed by atoms with Gasteiger partial charge in [-0.05, 0) is 55.0 Å². The Labute approximate surface area is 148 Å². The highest BCUT2D eigenvalue weighted by Gasteiger charge is 2.36. The number of para-hydroxylation sites is 1. The highest BCUT2D eigenvalue weighted by Crippen LogP contribution is 2.38. The molecule has 1 heterocycles. The molecule has 1 fully saturated rings. The number of nitrogens with zero attached hydrogens (tertiary/aromatic N) is 1. The molecular weight excluding hydrogens is 316 g/mol. The van der Waals surface area contributed by atoms with Crippen molar-refractivity contribution in [3.8, 4) is 0 Å². The van der Waals surface area contributed by atoms with Crippen LogP contribution in [-0.4, -0.2) is 31.3 Å². The van der Waals surface area contributed by atoms with Crippen molar-refractivity contribution < 1.29 is 14.3 Å². The van der Waals surface area contributed by atoms with Gasteiger partial charge in [-0.25, -0.2) is 4.98 Å². The number of benzene rings is 1. The molecule has 3 atom stereocenters. The number of pyridine rings is 1. The molecule has 132 valence electrons. The van der Waals surface area contributed by atoms with E-state index in [0.29, 0.717) is 5.92 Å². The predicted octanol–water partition coefficient (Wildman–Crippen LogP) is 3.90.